The summed E-state index contributed by atoms with van der Waals surface area (Å²) in [6.07, 6.45) is 2.93. The molecule has 0 radical (unpaired) electrons. The van der Waals surface area contributed by atoms with Gasteiger partial charge in [-0.05, 0) is 24.8 Å². The lowest BCUT2D eigenvalue weighted by Crippen LogP contribution is -2.32. The van der Waals surface area contributed by atoms with E-state index >= 15 is 0 Å². The van der Waals surface area contributed by atoms with E-state index in [0.717, 1.165) is 12.8 Å². The fraction of sp³-hybridized carbons (Fsp3) is 0.545. The van der Waals surface area contributed by atoms with Crippen LogP contribution < -0.4 is 10.5 Å². The Morgan fingerprint density at radius 2 is 2.16 bits per heavy atom. The predicted molar refractivity (Wildman–Crippen MR) is 72.4 cm³/mol. The quantitative estimate of drug-likeness (QED) is 0.866. The van der Waals surface area contributed by atoms with Crippen molar-refractivity contribution in [3.8, 4) is 0 Å². The number of nitrogens with zero attached hydrogens (tertiary/aromatic N) is 1. The molecule has 0 aromatic carbocycles. The third-order valence-corrected chi connectivity index (χ3v) is 4.75. The first-order valence-electron chi connectivity index (χ1n) is 5.97. The molecule has 0 bridgehead atoms. The zero-order chi connectivity index (χ0) is 13.9. The number of sulfonamides is 1. The van der Waals surface area contributed by atoms with Crippen molar-refractivity contribution in [2.24, 2.45) is 5.92 Å². The Morgan fingerprint density at radius 1 is 1.47 bits per heavy atom. The molecule has 1 saturated heterocycles. The number of hydrogen-bond acceptors (Lipinski definition) is 5. The fourth-order valence-corrected chi connectivity index (χ4v) is 3.16. The van der Waals surface area contributed by atoms with Crippen molar-refractivity contribution >= 4 is 27.4 Å². The second-order valence-electron chi connectivity index (χ2n) is 4.45. The van der Waals surface area contributed by atoms with Gasteiger partial charge in [0, 0.05) is 26.0 Å². The number of hydrogen-bond donors (Lipinski definition) is 2. The van der Waals surface area contributed by atoms with E-state index in [0.29, 0.717) is 25.7 Å². The molecule has 1 aliphatic heterocycles. The Balaban J connectivity index is 2.02. The Bertz CT molecular complexity index is 544. The summed E-state index contributed by atoms with van der Waals surface area (Å²) in [5.74, 6) is 0.422. The first-order chi connectivity index (χ1) is 8.99. The van der Waals surface area contributed by atoms with E-state index in [1.54, 1.807) is 0 Å². The molecule has 0 spiro atoms. The van der Waals surface area contributed by atoms with Crippen LogP contribution in [0.1, 0.15) is 12.8 Å². The molecule has 2 rings (SSSR count). The van der Waals surface area contributed by atoms with Crippen LogP contribution in [0, 0.1) is 5.92 Å². The molecule has 19 heavy (non-hydrogen) atoms. The van der Waals surface area contributed by atoms with Gasteiger partial charge in [-0.15, -0.1) is 0 Å². The van der Waals surface area contributed by atoms with E-state index in [-0.39, 0.29) is 15.7 Å². The van der Waals surface area contributed by atoms with Crippen molar-refractivity contribution in [1.82, 2.24) is 9.71 Å². The number of halogens is 1. The van der Waals surface area contributed by atoms with Gasteiger partial charge in [-0.1, -0.05) is 11.6 Å². The van der Waals surface area contributed by atoms with Crippen LogP contribution >= 0.6 is 11.6 Å². The number of rotatable bonds is 4. The number of nitrogen functional groups attached to an aromatic ring is 1. The molecular weight excluding hydrogens is 290 g/mol. The van der Waals surface area contributed by atoms with Crippen LogP contribution in [0.15, 0.2) is 17.2 Å². The molecule has 0 amide bonds. The second-order valence-corrected chi connectivity index (χ2v) is 6.62. The molecule has 0 aliphatic carbocycles. The molecule has 1 aromatic heterocycles. The van der Waals surface area contributed by atoms with Crippen LogP contribution in [0.5, 0.6) is 0 Å². The van der Waals surface area contributed by atoms with E-state index in [9.17, 15) is 8.42 Å². The van der Waals surface area contributed by atoms with Crippen molar-refractivity contribution in [2.75, 3.05) is 25.5 Å². The second kappa shape index (κ2) is 6.04. The van der Waals surface area contributed by atoms with Crippen LogP contribution in [0.4, 0.5) is 5.82 Å². The molecule has 0 unspecified atom stereocenters. The summed E-state index contributed by atoms with van der Waals surface area (Å²) in [5.41, 5.74) is 5.45. The minimum atomic E-state index is -3.59. The third-order valence-electron chi connectivity index (χ3n) is 3.06. The van der Waals surface area contributed by atoms with Gasteiger partial charge in [0.25, 0.3) is 0 Å². The molecule has 3 N–H and O–H groups in total. The van der Waals surface area contributed by atoms with Gasteiger partial charge in [-0.25, -0.2) is 18.1 Å². The average molecular weight is 306 g/mol. The van der Waals surface area contributed by atoms with Crippen LogP contribution in [-0.4, -0.2) is 33.2 Å². The van der Waals surface area contributed by atoms with Crippen molar-refractivity contribution in [1.29, 1.82) is 0 Å². The van der Waals surface area contributed by atoms with E-state index < -0.39 is 10.0 Å². The van der Waals surface area contributed by atoms with Gasteiger partial charge >= 0.3 is 0 Å². The van der Waals surface area contributed by atoms with Gasteiger partial charge in [0.05, 0.1) is 5.02 Å². The zero-order valence-electron chi connectivity index (χ0n) is 10.3. The Hall–Kier alpha value is -0.890. The average Bonchev–Trinajstić information content (AvgIpc) is 2.41. The predicted octanol–water partition coefficient (Wildman–Crippen LogP) is 1.02. The molecule has 0 saturated carbocycles. The Kier molecular flexibility index (Phi) is 4.62. The lowest BCUT2D eigenvalue weighted by molar-refractivity contribution is 0.0678. The Labute approximate surface area is 117 Å². The van der Waals surface area contributed by atoms with Crippen LogP contribution in [0.3, 0.4) is 0 Å². The largest absolute Gasteiger partial charge is 0.382 e. The van der Waals surface area contributed by atoms with Gasteiger partial charge in [-0.2, -0.15) is 0 Å². The van der Waals surface area contributed by atoms with Crippen molar-refractivity contribution in [3.63, 3.8) is 0 Å². The lowest BCUT2D eigenvalue weighted by atomic mass is 10.0. The molecular formula is C11H16ClN3O3S. The summed E-state index contributed by atoms with van der Waals surface area (Å²) in [6, 6.07) is 1.30. The van der Waals surface area contributed by atoms with E-state index in [4.69, 9.17) is 22.1 Å². The molecule has 2 heterocycles. The monoisotopic (exact) mass is 305 g/mol. The summed E-state index contributed by atoms with van der Waals surface area (Å²) < 4.78 is 31.9. The molecule has 106 valence electrons. The lowest BCUT2D eigenvalue weighted by Gasteiger charge is -2.22. The third kappa shape index (κ3) is 3.79. The van der Waals surface area contributed by atoms with Crippen molar-refractivity contribution in [2.45, 2.75) is 17.7 Å². The number of aromatic nitrogens is 1. The van der Waals surface area contributed by atoms with E-state index in [1.807, 2.05) is 0 Å². The van der Waals surface area contributed by atoms with Gasteiger partial charge < -0.3 is 10.5 Å². The SMILES string of the molecule is Nc1ncc(S(=O)(=O)NCC2CCOCC2)cc1Cl. The maximum Gasteiger partial charge on any atom is 0.242 e. The maximum atomic E-state index is 12.1. The Morgan fingerprint density at radius 3 is 2.79 bits per heavy atom. The number of anilines is 1. The smallest absolute Gasteiger partial charge is 0.242 e. The highest BCUT2D eigenvalue weighted by Gasteiger charge is 2.20. The molecule has 6 nitrogen and oxygen atoms in total. The summed E-state index contributed by atoms with van der Waals surface area (Å²) >= 11 is 5.77. The standard InChI is InChI=1S/C11H16ClN3O3S/c12-10-5-9(7-14-11(10)13)19(16,17)15-6-8-1-3-18-4-2-8/h5,7-8,15H,1-4,6H2,(H2,13,14). The number of ether oxygens (including phenoxy) is 1. The van der Waals surface area contributed by atoms with Crippen molar-refractivity contribution < 1.29 is 13.2 Å². The van der Waals surface area contributed by atoms with E-state index in [2.05, 4.69) is 9.71 Å². The first-order valence-corrected chi connectivity index (χ1v) is 7.83. The van der Waals surface area contributed by atoms with Crippen molar-refractivity contribution in [3.05, 3.63) is 17.3 Å². The van der Waals surface area contributed by atoms with Crippen LogP contribution in [0.2, 0.25) is 5.02 Å². The minimum Gasteiger partial charge on any atom is -0.382 e. The first kappa shape index (κ1) is 14.5. The highest BCUT2D eigenvalue weighted by molar-refractivity contribution is 7.89. The zero-order valence-corrected chi connectivity index (χ0v) is 11.9. The van der Waals surface area contributed by atoms with Crippen LogP contribution in [0.25, 0.3) is 0 Å². The van der Waals surface area contributed by atoms with Crippen LogP contribution in [-0.2, 0) is 14.8 Å². The maximum absolute atomic E-state index is 12.1. The number of nitrogens with one attached hydrogen (secondary N) is 1. The molecule has 1 aromatic rings. The normalized spacial score (nSPS) is 17.5. The van der Waals surface area contributed by atoms with Gasteiger partial charge in [0.1, 0.15) is 10.7 Å². The molecule has 1 aliphatic rings. The summed E-state index contributed by atoms with van der Waals surface area (Å²) in [5, 5.41) is 0.133. The fourth-order valence-electron chi connectivity index (χ4n) is 1.84. The molecule has 1 fully saturated rings. The molecule has 8 heteroatoms. The van der Waals surface area contributed by atoms with E-state index in [1.165, 1.54) is 12.3 Å². The van der Waals surface area contributed by atoms with Gasteiger partial charge in [-0.3, -0.25) is 0 Å². The highest BCUT2D eigenvalue weighted by atomic mass is 35.5. The van der Waals surface area contributed by atoms with Gasteiger partial charge in [0.2, 0.25) is 10.0 Å². The topological polar surface area (TPSA) is 94.3 Å². The number of pyridine rings is 1. The minimum absolute atomic E-state index is 0.0266. The van der Waals surface area contributed by atoms with Gasteiger partial charge in [0.15, 0.2) is 0 Å². The molecule has 0 atom stereocenters. The summed E-state index contributed by atoms with van der Waals surface area (Å²) in [4.78, 5) is 3.77. The number of nitrogens with two attached hydrogens (primary N) is 1. The highest BCUT2D eigenvalue weighted by Crippen LogP contribution is 2.20. The summed E-state index contributed by atoms with van der Waals surface area (Å²) in [7, 11) is -3.59. The summed E-state index contributed by atoms with van der Waals surface area (Å²) in [6.45, 7) is 1.76.